The molecule has 0 unspecified atom stereocenters. The Bertz CT molecular complexity index is 328. The lowest BCUT2D eigenvalue weighted by Crippen LogP contribution is -2.16. The Balaban J connectivity index is 2.71. The highest BCUT2D eigenvalue weighted by Crippen LogP contribution is 2.10. The summed E-state index contributed by atoms with van der Waals surface area (Å²) in [5, 5.41) is 2.63. The second-order valence-corrected chi connectivity index (χ2v) is 2.70. The zero-order chi connectivity index (χ0) is 10.4. The first kappa shape index (κ1) is 10.3. The number of allylic oxidation sites excluding steroid dienone is 1. The summed E-state index contributed by atoms with van der Waals surface area (Å²) < 4.78 is 4.98. The van der Waals surface area contributed by atoms with Crippen molar-refractivity contribution in [3.05, 3.63) is 42.1 Å². The molecule has 0 spiro atoms. The molecule has 0 saturated heterocycles. The largest absolute Gasteiger partial charge is 0.497 e. The summed E-state index contributed by atoms with van der Waals surface area (Å²) in [6.07, 6.45) is 3.37. The van der Waals surface area contributed by atoms with Crippen LogP contribution in [0.2, 0.25) is 0 Å². The Morgan fingerprint density at radius 3 is 2.50 bits per heavy atom. The van der Waals surface area contributed by atoms with Crippen LogP contribution in [-0.4, -0.2) is 13.0 Å². The van der Waals surface area contributed by atoms with E-state index in [-0.39, 0.29) is 5.91 Å². The smallest absolute Gasteiger partial charge is 0.255 e. The van der Waals surface area contributed by atoms with E-state index in [0.717, 1.165) is 5.75 Å². The predicted molar refractivity (Wildman–Crippen MR) is 55.3 cm³/mol. The molecule has 0 aromatic heterocycles. The molecule has 1 rings (SSSR count). The summed E-state index contributed by atoms with van der Waals surface area (Å²) in [5.41, 5.74) is 0.615. The average Bonchev–Trinajstić information content (AvgIpc) is 2.26. The average molecular weight is 191 g/mol. The molecule has 1 N–H and O–H groups in total. The van der Waals surface area contributed by atoms with Crippen molar-refractivity contribution in [2.24, 2.45) is 0 Å². The Morgan fingerprint density at radius 2 is 2.00 bits per heavy atom. The van der Waals surface area contributed by atoms with Gasteiger partial charge in [-0.25, -0.2) is 0 Å². The van der Waals surface area contributed by atoms with Crippen molar-refractivity contribution in [3.63, 3.8) is 0 Å². The van der Waals surface area contributed by atoms with Gasteiger partial charge < -0.3 is 10.1 Å². The van der Waals surface area contributed by atoms with Crippen LogP contribution in [0.3, 0.4) is 0 Å². The maximum absolute atomic E-state index is 11.4. The minimum Gasteiger partial charge on any atom is -0.497 e. The van der Waals surface area contributed by atoms with Crippen LogP contribution >= 0.6 is 0 Å². The Kier molecular flexibility index (Phi) is 3.73. The van der Waals surface area contributed by atoms with E-state index in [1.165, 1.54) is 0 Å². The van der Waals surface area contributed by atoms with E-state index < -0.39 is 0 Å². The maximum Gasteiger partial charge on any atom is 0.255 e. The van der Waals surface area contributed by atoms with Gasteiger partial charge in [-0.2, -0.15) is 0 Å². The van der Waals surface area contributed by atoms with Crippen LogP contribution < -0.4 is 10.1 Å². The van der Waals surface area contributed by atoms with E-state index in [0.29, 0.717) is 5.56 Å². The van der Waals surface area contributed by atoms with E-state index in [4.69, 9.17) is 4.74 Å². The summed E-state index contributed by atoms with van der Waals surface area (Å²) in [7, 11) is 1.59. The summed E-state index contributed by atoms with van der Waals surface area (Å²) >= 11 is 0. The van der Waals surface area contributed by atoms with Gasteiger partial charge in [0.2, 0.25) is 0 Å². The minimum absolute atomic E-state index is 0.120. The molecule has 1 aromatic carbocycles. The van der Waals surface area contributed by atoms with Gasteiger partial charge in [-0.1, -0.05) is 6.08 Å². The molecular weight excluding hydrogens is 178 g/mol. The monoisotopic (exact) mass is 191 g/mol. The van der Waals surface area contributed by atoms with Crippen molar-refractivity contribution >= 4 is 5.91 Å². The Labute approximate surface area is 83.4 Å². The van der Waals surface area contributed by atoms with E-state index >= 15 is 0 Å². The van der Waals surface area contributed by atoms with Crippen LogP contribution in [0, 0.1) is 0 Å². The third-order valence-electron chi connectivity index (χ3n) is 1.73. The first-order valence-corrected chi connectivity index (χ1v) is 4.34. The van der Waals surface area contributed by atoms with Crippen LogP contribution in [-0.2, 0) is 0 Å². The number of nitrogens with one attached hydrogen (secondary N) is 1. The van der Waals surface area contributed by atoms with Gasteiger partial charge in [0, 0.05) is 5.56 Å². The molecule has 14 heavy (non-hydrogen) atoms. The standard InChI is InChI=1S/C11H13NO2/c1-3-8-12-11(13)9-4-6-10(14-2)7-5-9/h3-8H,1-2H3,(H,12,13)/b8-3+. The first-order chi connectivity index (χ1) is 6.77. The van der Waals surface area contributed by atoms with Crippen molar-refractivity contribution in [1.29, 1.82) is 0 Å². The molecule has 0 fully saturated rings. The Morgan fingerprint density at radius 1 is 1.36 bits per heavy atom. The van der Waals surface area contributed by atoms with E-state index in [9.17, 15) is 4.79 Å². The lowest BCUT2D eigenvalue weighted by atomic mass is 10.2. The quantitative estimate of drug-likeness (QED) is 0.793. The molecular formula is C11H13NO2. The Hall–Kier alpha value is -1.77. The number of carbonyl (C=O) groups is 1. The SMILES string of the molecule is C/C=C/NC(=O)c1ccc(OC)cc1. The van der Waals surface area contributed by atoms with Crippen LogP contribution in [0.25, 0.3) is 0 Å². The zero-order valence-corrected chi connectivity index (χ0v) is 8.28. The molecule has 0 heterocycles. The summed E-state index contributed by atoms with van der Waals surface area (Å²) in [5.74, 6) is 0.623. The second-order valence-electron chi connectivity index (χ2n) is 2.70. The molecule has 3 heteroatoms. The normalized spacial score (nSPS) is 10.1. The van der Waals surface area contributed by atoms with E-state index in [2.05, 4.69) is 5.32 Å². The highest BCUT2D eigenvalue weighted by molar-refractivity contribution is 5.94. The molecule has 0 bridgehead atoms. The van der Waals surface area contributed by atoms with Crippen LogP contribution in [0.5, 0.6) is 5.75 Å². The summed E-state index contributed by atoms with van der Waals surface area (Å²) in [6, 6.07) is 6.95. The molecule has 0 atom stereocenters. The fourth-order valence-corrected chi connectivity index (χ4v) is 0.985. The second kappa shape index (κ2) is 5.07. The molecule has 0 radical (unpaired) electrons. The number of ether oxygens (including phenoxy) is 1. The van der Waals surface area contributed by atoms with Crippen molar-refractivity contribution in [2.75, 3.05) is 7.11 Å². The topological polar surface area (TPSA) is 38.3 Å². The number of benzene rings is 1. The minimum atomic E-state index is -0.120. The predicted octanol–water partition coefficient (Wildman–Crippen LogP) is 1.96. The number of methoxy groups -OCH3 is 1. The number of hydrogen-bond acceptors (Lipinski definition) is 2. The number of rotatable bonds is 3. The molecule has 1 amide bonds. The van der Waals surface area contributed by atoms with Crippen molar-refractivity contribution in [2.45, 2.75) is 6.92 Å². The molecule has 0 aliphatic carbocycles. The van der Waals surface area contributed by atoms with Gasteiger partial charge in [0.15, 0.2) is 0 Å². The highest BCUT2D eigenvalue weighted by Gasteiger charge is 2.02. The van der Waals surface area contributed by atoms with Crippen LogP contribution in [0.15, 0.2) is 36.5 Å². The molecule has 3 nitrogen and oxygen atoms in total. The van der Waals surface area contributed by atoms with Gasteiger partial charge in [-0.05, 0) is 37.4 Å². The molecule has 74 valence electrons. The molecule has 1 aromatic rings. The maximum atomic E-state index is 11.4. The van der Waals surface area contributed by atoms with Crippen LogP contribution in [0.1, 0.15) is 17.3 Å². The van der Waals surface area contributed by atoms with Crippen LogP contribution in [0.4, 0.5) is 0 Å². The zero-order valence-electron chi connectivity index (χ0n) is 8.28. The third-order valence-corrected chi connectivity index (χ3v) is 1.73. The number of carbonyl (C=O) groups excluding carboxylic acids is 1. The van der Waals surface area contributed by atoms with E-state index in [1.54, 1.807) is 43.7 Å². The summed E-state index contributed by atoms with van der Waals surface area (Å²) in [4.78, 5) is 11.4. The number of hydrogen-bond donors (Lipinski definition) is 1. The highest BCUT2D eigenvalue weighted by atomic mass is 16.5. The summed E-state index contributed by atoms with van der Waals surface area (Å²) in [6.45, 7) is 1.84. The third kappa shape index (κ3) is 2.62. The molecule has 0 aliphatic rings. The fourth-order valence-electron chi connectivity index (χ4n) is 0.985. The van der Waals surface area contributed by atoms with Gasteiger partial charge in [0.1, 0.15) is 5.75 Å². The van der Waals surface area contributed by atoms with Crippen molar-refractivity contribution < 1.29 is 9.53 Å². The van der Waals surface area contributed by atoms with Gasteiger partial charge in [-0.15, -0.1) is 0 Å². The van der Waals surface area contributed by atoms with Gasteiger partial charge in [0.05, 0.1) is 7.11 Å². The number of amides is 1. The molecule has 0 aliphatic heterocycles. The van der Waals surface area contributed by atoms with Crippen molar-refractivity contribution in [1.82, 2.24) is 5.32 Å². The van der Waals surface area contributed by atoms with Gasteiger partial charge in [-0.3, -0.25) is 4.79 Å². The lowest BCUT2D eigenvalue weighted by molar-refractivity contribution is 0.0970. The lowest BCUT2D eigenvalue weighted by Gasteiger charge is -2.01. The first-order valence-electron chi connectivity index (χ1n) is 4.34. The fraction of sp³-hybridized carbons (Fsp3) is 0.182. The molecule has 0 saturated carbocycles. The van der Waals surface area contributed by atoms with Crippen molar-refractivity contribution in [3.8, 4) is 5.75 Å². The van der Waals surface area contributed by atoms with Gasteiger partial charge >= 0.3 is 0 Å². The van der Waals surface area contributed by atoms with E-state index in [1.807, 2.05) is 6.92 Å². The van der Waals surface area contributed by atoms with Gasteiger partial charge in [0.25, 0.3) is 5.91 Å².